The lowest BCUT2D eigenvalue weighted by Crippen LogP contribution is -2.26. The van der Waals surface area contributed by atoms with Crippen LogP contribution in [0.1, 0.15) is 40.0 Å². The van der Waals surface area contributed by atoms with Crippen molar-refractivity contribution in [1.82, 2.24) is 0 Å². The van der Waals surface area contributed by atoms with Crippen LogP contribution in [0.4, 0.5) is 0 Å². The minimum absolute atomic E-state index is 0.0142. The Hall–Kier alpha value is -2.37. The third kappa shape index (κ3) is 2.28. The highest BCUT2D eigenvalue weighted by molar-refractivity contribution is 6.10. The summed E-state index contributed by atoms with van der Waals surface area (Å²) in [6.45, 7) is 5.58. The Morgan fingerprint density at radius 3 is 2.33 bits per heavy atom. The lowest BCUT2D eigenvalue weighted by atomic mass is 9.76. The highest BCUT2D eigenvalue weighted by Crippen LogP contribution is 2.47. The number of aliphatic hydroxyl groups is 1. The number of hydrogen-bond donors (Lipinski definition) is 1. The molecule has 128 valence electrons. The number of allylic oxidation sites excluding steroid dienone is 2. The largest absolute Gasteiger partial charge is 0.480 e. The number of hydrogen-bond acceptors (Lipinski definition) is 6. The van der Waals surface area contributed by atoms with E-state index in [0.29, 0.717) is 5.57 Å². The van der Waals surface area contributed by atoms with E-state index in [2.05, 4.69) is 0 Å². The van der Waals surface area contributed by atoms with Gasteiger partial charge < -0.3 is 14.6 Å². The van der Waals surface area contributed by atoms with Gasteiger partial charge in [-0.3, -0.25) is 4.79 Å². The van der Waals surface area contributed by atoms with Gasteiger partial charge in [-0.1, -0.05) is 26.0 Å². The fourth-order valence-corrected chi connectivity index (χ4v) is 3.66. The maximum Gasteiger partial charge on any atom is 0.346 e. The molecule has 24 heavy (non-hydrogen) atoms. The molecule has 6 nitrogen and oxygen atoms in total. The molecule has 0 bridgehead atoms. The van der Waals surface area contributed by atoms with Crippen LogP contribution in [0.3, 0.4) is 0 Å². The number of rotatable bonds is 2. The zero-order chi connectivity index (χ0) is 17.6. The van der Waals surface area contributed by atoms with Crippen LogP contribution in [0, 0.1) is 17.3 Å². The van der Waals surface area contributed by atoms with Gasteiger partial charge in [-0.2, -0.15) is 0 Å². The molecule has 2 aliphatic heterocycles. The first-order valence-electron chi connectivity index (χ1n) is 8.17. The van der Waals surface area contributed by atoms with Gasteiger partial charge in [-0.05, 0) is 31.6 Å². The Bertz CT molecular complexity index is 726. The summed E-state index contributed by atoms with van der Waals surface area (Å²) in [7, 11) is 0. The molecule has 1 N–H and O–H groups in total. The monoisotopic (exact) mass is 332 g/mol. The number of fused-ring (bicyclic) bond motifs is 2. The maximum absolute atomic E-state index is 12.3. The van der Waals surface area contributed by atoms with E-state index in [-0.39, 0.29) is 29.4 Å². The minimum atomic E-state index is -1.23. The van der Waals surface area contributed by atoms with Gasteiger partial charge in [-0.25, -0.2) is 9.59 Å². The van der Waals surface area contributed by atoms with Gasteiger partial charge in [0.25, 0.3) is 5.95 Å². The van der Waals surface area contributed by atoms with E-state index in [1.165, 1.54) is 0 Å². The number of aliphatic hydroxyl groups excluding tert-OH is 1. The van der Waals surface area contributed by atoms with Crippen molar-refractivity contribution in [2.75, 3.05) is 0 Å². The van der Waals surface area contributed by atoms with Gasteiger partial charge in [0.1, 0.15) is 5.41 Å². The van der Waals surface area contributed by atoms with Crippen LogP contribution in [0.2, 0.25) is 0 Å². The van der Waals surface area contributed by atoms with Crippen LogP contribution < -0.4 is 0 Å². The molecule has 0 aromatic heterocycles. The van der Waals surface area contributed by atoms with Crippen LogP contribution in [-0.4, -0.2) is 23.0 Å². The highest BCUT2D eigenvalue weighted by Gasteiger charge is 2.53. The van der Waals surface area contributed by atoms with Crippen LogP contribution in [0.25, 0.3) is 0 Å². The Morgan fingerprint density at radius 2 is 1.71 bits per heavy atom. The lowest BCUT2D eigenvalue weighted by Gasteiger charge is -2.22. The van der Waals surface area contributed by atoms with Crippen LogP contribution in [-0.2, 0) is 23.9 Å². The quantitative estimate of drug-likeness (QED) is 0.618. The summed E-state index contributed by atoms with van der Waals surface area (Å²) < 4.78 is 9.69. The zero-order valence-corrected chi connectivity index (χ0v) is 13.9. The molecule has 2 heterocycles. The second-order valence-corrected chi connectivity index (χ2v) is 6.66. The molecular formula is C18H20O6. The molecule has 3 rings (SSSR count). The van der Waals surface area contributed by atoms with Gasteiger partial charge >= 0.3 is 17.9 Å². The summed E-state index contributed by atoms with van der Waals surface area (Å²) in [5.74, 6) is -2.47. The second-order valence-electron chi connectivity index (χ2n) is 6.66. The van der Waals surface area contributed by atoms with Crippen molar-refractivity contribution in [3.8, 4) is 0 Å². The molecule has 0 spiro atoms. The smallest absolute Gasteiger partial charge is 0.346 e. The summed E-state index contributed by atoms with van der Waals surface area (Å²) in [5.41, 5.74) is -0.396. The van der Waals surface area contributed by atoms with E-state index >= 15 is 0 Å². The van der Waals surface area contributed by atoms with Crippen molar-refractivity contribution in [3.63, 3.8) is 0 Å². The number of esters is 3. The molecule has 0 radical (unpaired) electrons. The third-order valence-corrected chi connectivity index (χ3v) is 5.23. The van der Waals surface area contributed by atoms with Gasteiger partial charge in [0.2, 0.25) is 0 Å². The number of cyclic esters (lactones) is 3. The highest BCUT2D eigenvalue weighted by atomic mass is 16.6. The van der Waals surface area contributed by atoms with E-state index < -0.39 is 29.3 Å². The molecule has 0 saturated carbocycles. The third-order valence-electron chi connectivity index (χ3n) is 5.23. The van der Waals surface area contributed by atoms with Crippen molar-refractivity contribution >= 4 is 17.9 Å². The standard InChI is InChI=1S/C18H20O6/c1-4-9-6-11-12(15(20)23-14(11)19)8-18(3)13(7-10(9)5-2)16(21)24-17(18)22/h6-7,9-10,20H,4-5,8H2,1-3H3/b11-6+,13-7-/t9-,10+,18+/m0/s1. The molecule has 0 unspecified atom stereocenters. The predicted octanol–water partition coefficient (Wildman–Crippen LogP) is 2.71. The SMILES string of the molecule is CC[C@H]1/C=C2/C(=O)OC(O)=C2C[C@@]2(C)C(=O)OC(=O)/C2=C/[C@H]1CC. The first-order chi connectivity index (χ1) is 11.3. The van der Waals surface area contributed by atoms with Gasteiger partial charge in [0, 0.05) is 12.0 Å². The predicted molar refractivity (Wildman–Crippen MR) is 83.3 cm³/mol. The van der Waals surface area contributed by atoms with Crippen molar-refractivity contribution in [2.24, 2.45) is 17.3 Å². The summed E-state index contributed by atoms with van der Waals surface area (Å²) in [4.78, 5) is 36.6. The lowest BCUT2D eigenvalue weighted by molar-refractivity contribution is -0.154. The molecular weight excluding hydrogens is 312 g/mol. The van der Waals surface area contributed by atoms with E-state index in [4.69, 9.17) is 9.47 Å². The topological polar surface area (TPSA) is 89.9 Å². The Labute approximate surface area is 139 Å². The summed E-state index contributed by atoms with van der Waals surface area (Å²) in [6.07, 6.45) is 5.07. The van der Waals surface area contributed by atoms with Crippen molar-refractivity contribution in [2.45, 2.75) is 40.0 Å². The summed E-state index contributed by atoms with van der Waals surface area (Å²) in [5, 5.41) is 10.0. The first-order valence-corrected chi connectivity index (χ1v) is 8.17. The number of carbonyl (C=O) groups is 3. The molecule has 0 aromatic carbocycles. The molecule has 1 aliphatic carbocycles. The van der Waals surface area contributed by atoms with E-state index in [0.717, 1.165) is 12.8 Å². The molecule has 3 aliphatic rings. The Morgan fingerprint density at radius 1 is 1.08 bits per heavy atom. The molecule has 1 fully saturated rings. The molecule has 1 saturated heterocycles. The zero-order valence-electron chi connectivity index (χ0n) is 13.9. The average Bonchev–Trinajstić information content (AvgIpc) is 2.92. The van der Waals surface area contributed by atoms with Gasteiger partial charge in [0.15, 0.2) is 0 Å². The van der Waals surface area contributed by atoms with Crippen LogP contribution in [0.5, 0.6) is 0 Å². The average molecular weight is 332 g/mol. The Kier molecular flexibility index (Phi) is 3.86. The molecule has 3 atom stereocenters. The second kappa shape index (κ2) is 5.61. The molecule has 6 heteroatoms. The van der Waals surface area contributed by atoms with Gasteiger partial charge in [0.05, 0.1) is 11.1 Å². The van der Waals surface area contributed by atoms with Gasteiger partial charge in [-0.15, -0.1) is 0 Å². The molecule has 0 amide bonds. The van der Waals surface area contributed by atoms with E-state index in [1.54, 1.807) is 13.0 Å². The van der Waals surface area contributed by atoms with Crippen LogP contribution in [0.15, 0.2) is 34.8 Å². The van der Waals surface area contributed by atoms with Crippen molar-refractivity contribution in [1.29, 1.82) is 0 Å². The maximum atomic E-state index is 12.3. The van der Waals surface area contributed by atoms with Crippen molar-refractivity contribution in [3.05, 3.63) is 34.8 Å². The summed E-state index contributed by atoms with van der Waals surface area (Å²) >= 11 is 0. The van der Waals surface area contributed by atoms with E-state index in [1.807, 2.05) is 19.9 Å². The number of carbonyl (C=O) groups excluding carboxylic acids is 3. The normalized spacial score (nSPS) is 37.2. The molecule has 0 aromatic rings. The summed E-state index contributed by atoms with van der Waals surface area (Å²) in [6, 6.07) is 0. The fourth-order valence-electron chi connectivity index (χ4n) is 3.66. The van der Waals surface area contributed by atoms with Crippen molar-refractivity contribution < 1.29 is 29.0 Å². The Balaban J connectivity index is 2.23. The van der Waals surface area contributed by atoms with Crippen LogP contribution >= 0.6 is 0 Å². The first kappa shape index (κ1) is 16.5. The minimum Gasteiger partial charge on any atom is -0.480 e. The van der Waals surface area contributed by atoms with E-state index in [9.17, 15) is 19.5 Å². The number of ether oxygens (including phenoxy) is 2. The fraction of sp³-hybridized carbons (Fsp3) is 0.500.